The molecule has 0 saturated carbocycles. The summed E-state index contributed by atoms with van der Waals surface area (Å²) in [6.45, 7) is 0.506. The lowest BCUT2D eigenvalue weighted by molar-refractivity contribution is -0.137. The summed E-state index contributed by atoms with van der Waals surface area (Å²) in [4.78, 5) is 22.3. The van der Waals surface area contributed by atoms with Crippen LogP contribution in [0.5, 0.6) is 0 Å². The molecule has 0 radical (unpaired) electrons. The fourth-order valence-corrected chi connectivity index (χ4v) is 1.83. The third-order valence-corrected chi connectivity index (χ3v) is 2.81. The number of nitrogens with zero attached hydrogens (tertiary/aromatic N) is 3. The van der Waals surface area contributed by atoms with Crippen molar-refractivity contribution in [3.63, 3.8) is 0 Å². The van der Waals surface area contributed by atoms with Crippen LogP contribution in [0.25, 0.3) is 0 Å². The lowest BCUT2D eigenvalue weighted by Gasteiger charge is -2.10. The largest absolute Gasteiger partial charge is 0.481 e. The molecule has 1 heterocycles. The second-order valence-electron chi connectivity index (χ2n) is 4.99. The maximum absolute atomic E-state index is 10.4. The average Bonchev–Trinajstić information content (AvgIpc) is 2.40. The second kappa shape index (κ2) is 10.0. The Kier molecular flexibility index (Phi) is 8.33. The molecule has 0 saturated heterocycles. The standard InChI is InChI=1S/C13H22N4O6/c18-10(19)4-2-1-3-5-14-13-16-8(6-11(20)21)15-9(17-13)7-12(22)23/h11-12,20-23H,1-7H2,(H,18,19)(H,14,15,16,17). The van der Waals surface area contributed by atoms with E-state index in [1.807, 2.05) is 0 Å². The van der Waals surface area contributed by atoms with Crippen molar-refractivity contribution in [1.82, 2.24) is 15.0 Å². The molecule has 0 aromatic carbocycles. The highest BCUT2D eigenvalue weighted by Gasteiger charge is 2.11. The van der Waals surface area contributed by atoms with Crippen LogP contribution in [-0.4, -0.2) is 65.6 Å². The van der Waals surface area contributed by atoms with Gasteiger partial charge in [0.05, 0.1) is 12.8 Å². The molecule has 130 valence electrons. The molecular weight excluding hydrogens is 308 g/mol. The van der Waals surface area contributed by atoms with Gasteiger partial charge in [0, 0.05) is 13.0 Å². The van der Waals surface area contributed by atoms with E-state index >= 15 is 0 Å². The maximum atomic E-state index is 10.4. The molecular formula is C13H22N4O6. The number of carbonyl (C=O) groups is 1. The Morgan fingerprint density at radius 3 is 1.96 bits per heavy atom. The van der Waals surface area contributed by atoms with Crippen LogP contribution in [0.1, 0.15) is 37.3 Å². The SMILES string of the molecule is O=C(O)CCCCCNc1nc(CC(O)O)nc(CC(O)O)n1. The summed E-state index contributed by atoms with van der Waals surface area (Å²) in [7, 11) is 0. The number of anilines is 1. The smallest absolute Gasteiger partial charge is 0.303 e. The van der Waals surface area contributed by atoms with Gasteiger partial charge < -0.3 is 30.8 Å². The van der Waals surface area contributed by atoms with Crippen LogP contribution in [0.2, 0.25) is 0 Å². The monoisotopic (exact) mass is 330 g/mol. The first-order valence-electron chi connectivity index (χ1n) is 7.28. The van der Waals surface area contributed by atoms with Gasteiger partial charge in [0.15, 0.2) is 12.6 Å². The van der Waals surface area contributed by atoms with Gasteiger partial charge in [-0.05, 0) is 12.8 Å². The van der Waals surface area contributed by atoms with Crippen LogP contribution in [0.4, 0.5) is 5.95 Å². The molecule has 0 aliphatic rings. The zero-order valence-corrected chi connectivity index (χ0v) is 12.6. The average molecular weight is 330 g/mol. The van der Waals surface area contributed by atoms with Gasteiger partial charge in [-0.15, -0.1) is 0 Å². The van der Waals surface area contributed by atoms with Crippen LogP contribution in [0.3, 0.4) is 0 Å². The number of aliphatic hydroxyl groups is 4. The molecule has 0 bridgehead atoms. The topological polar surface area (TPSA) is 169 Å². The zero-order chi connectivity index (χ0) is 17.2. The maximum Gasteiger partial charge on any atom is 0.303 e. The number of hydrogen-bond donors (Lipinski definition) is 6. The molecule has 1 aromatic rings. The molecule has 0 amide bonds. The number of aromatic nitrogens is 3. The van der Waals surface area contributed by atoms with Crippen molar-refractivity contribution in [2.24, 2.45) is 0 Å². The molecule has 0 fully saturated rings. The first-order chi connectivity index (χ1) is 10.9. The van der Waals surface area contributed by atoms with E-state index in [-0.39, 0.29) is 36.9 Å². The minimum atomic E-state index is -1.62. The van der Waals surface area contributed by atoms with Crippen molar-refractivity contribution < 1.29 is 30.3 Å². The number of aliphatic hydroxyl groups excluding tert-OH is 2. The normalized spacial score (nSPS) is 11.2. The summed E-state index contributed by atoms with van der Waals surface area (Å²) >= 11 is 0. The van der Waals surface area contributed by atoms with Crippen molar-refractivity contribution in [2.45, 2.75) is 51.1 Å². The van der Waals surface area contributed by atoms with E-state index in [1.165, 1.54) is 0 Å². The molecule has 0 atom stereocenters. The minimum Gasteiger partial charge on any atom is -0.481 e. The fraction of sp³-hybridized carbons (Fsp3) is 0.692. The summed E-state index contributed by atoms with van der Waals surface area (Å²) < 4.78 is 0. The van der Waals surface area contributed by atoms with Gasteiger partial charge in [-0.2, -0.15) is 9.97 Å². The number of unbranched alkanes of at least 4 members (excludes halogenated alkanes) is 2. The third kappa shape index (κ3) is 8.98. The molecule has 0 aliphatic carbocycles. The number of carboxylic acid groups (broad SMARTS) is 1. The van der Waals surface area contributed by atoms with Crippen molar-refractivity contribution in [2.75, 3.05) is 11.9 Å². The minimum absolute atomic E-state index is 0.124. The number of carboxylic acids is 1. The van der Waals surface area contributed by atoms with Gasteiger partial charge in [-0.25, -0.2) is 4.98 Å². The molecule has 23 heavy (non-hydrogen) atoms. The number of rotatable bonds is 11. The molecule has 0 spiro atoms. The van der Waals surface area contributed by atoms with E-state index in [4.69, 9.17) is 25.5 Å². The van der Waals surface area contributed by atoms with Crippen LogP contribution in [0.15, 0.2) is 0 Å². The Labute approximate surface area is 132 Å². The van der Waals surface area contributed by atoms with Crippen LogP contribution < -0.4 is 5.32 Å². The predicted molar refractivity (Wildman–Crippen MR) is 78.3 cm³/mol. The van der Waals surface area contributed by atoms with E-state index < -0.39 is 18.5 Å². The number of nitrogens with one attached hydrogen (secondary N) is 1. The Hall–Kier alpha value is -1.88. The third-order valence-electron chi connectivity index (χ3n) is 2.81. The van der Waals surface area contributed by atoms with E-state index in [0.29, 0.717) is 13.0 Å². The lowest BCUT2D eigenvalue weighted by atomic mass is 10.2. The van der Waals surface area contributed by atoms with E-state index in [0.717, 1.165) is 12.8 Å². The first-order valence-corrected chi connectivity index (χ1v) is 7.28. The summed E-state index contributed by atoms with van der Waals surface area (Å²) in [6.07, 6.45) is -1.49. The number of aliphatic carboxylic acids is 1. The quantitative estimate of drug-likeness (QED) is 0.210. The van der Waals surface area contributed by atoms with Gasteiger partial charge in [-0.1, -0.05) is 6.42 Å². The second-order valence-corrected chi connectivity index (χ2v) is 4.99. The van der Waals surface area contributed by atoms with E-state index in [1.54, 1.807) is 0 Å². The van der Waals surface area contributed by atoms with Gasteiger partial charge in [0.25, 0.3) is 0 Å². The van der Waals surface area contributed by atoms with Crippen LogP contribution >= 0.6 is 0 Å². The summed E-state index contributed by atoms with van der Waals surface area (Å²) in [5, 5.41) is 47.4. The molecule has 10 nitrogen and oxygen atoms in total. The van der Waals surface area contributed by atoms with Gasteiger partial charge in [0.1, 0.15) is 11.6 Å². The van der Waals surface area contributed by atoms with E-state index in [2.05, 4.69) is 20.3 Å². The van der Waals surface area contributed by atoms with Crippen molar-refractivity contribution in [3.8, 4) is 0 Å². The summed E-state index contributed by atoms with van der Waals surface area (Å²) in [5.41, 5.74) is 0. The summed E-state index contributed by atoms with van der Waals surface area (Å²) in [6, 6.07) is 0. The molecule has 0 aliphatic heterocycles. The predicted octanol–water partition coefficient (Wildman–Crippen LogP) is -1.37. The Bertz CT molecular complexity index is 469. The molecule has 10 heteroatoms. The van der Waals surface area contributed by atoms with Crippen molar-refractivity contribution in [3.05, 3.63) is 11.6 Å². The Morgan fingerprint density at radius 2 is 1.48 bits per heavy atom. The van der Waals surface area contributed by atoms with Crippen molar-refractivity contribution >= 4 is 11.9 Å². The highest BCUT2D eigenvalue weighted by Crippen LogP contribution is 2.07. The van der Waals surface area contributed by atoms with E-state index in [9.17, 15) is 4.79 Å². The van der Waals surface area contributed by atoms with Crippen molar-refractivity contribution in [1.29, 1.82) is 0 Å². The number of hydrogen-bond acceptors (Lipinski definition) is 9. The lowest BCUT2D eigenvalue weighted by Crippen LogP contribution is -2.18. The van der Waals surface area contributed by atoms with Gasteiger partial charge in [0.2, 0.25) is 5.95 Å². The Balaban J connectivity index is 2.56. The van der Waals surface area contributed by atoms with Gasteiger partial charge >= 0.3 is 5.97 Å². The highest BCUT2D eigenvalue weighted by molar-refractivity contribution is 5.66. The first kappa shape index (κ1) is 19.2. The summed E-state index contributed by atoms with van der Waals surface area (Å²) in [5.74, 6) is -0.377. The molecule has 6 N–H and O–H groups in total. The van der Waals surface area contributed by atoms with Gasteiger partial charge in [-0.3, -0.25) is 4.79 Å². The zero-order valence-electron chi connectivity index (χ0n) is 12.6. The van der Waals surface area contributed by atoms with Crippen LogP contribution in [0, 0.1) is 0 Å². The Morgan fingerprint density at radius 1 is 0.913 bits per heavy atom. The highest BCUT2D eigenvalue weighted by atomic mass is 16.5. The molecule has 0 unspecified atom stereocenters. The molecule has 1 aromatic heterocycles. The fourth-order valence-electron chi connectivity index (χ4n) is 1.83. The van der Waals surface area contributed by atoms with Crippen LogP contribution in [-0.2, 0) is 17.6 Å². The molecule has 1 rings (SSSR count).